The van der Waals surface area contributed by atoms with E-state index in [1.807, 2.05) is 29.2 Å². The first-order valence-electron chi connectivity index (χ1n) is 9.17. The lowest BCUT2D eigenvalue weighted by Crippen LogP contribution is -2.35. The summed E-state index contributed by atoms with van der Waals surface area (Å²) in [5.41, 5.74) is 3.83. The van der Waals surface area contributed by atoms with E-state index in [9.17, 15) is 4.79 Å². The molecule has 1 aliphatic rings. The van der Waals surface area contributed by atoms with Crippen molar-refractivity contribution >= 4 is 11.6 Å². The molecular formula is C20H22N6O. The number of hydrogen-bond donors (Lipinski definition) is 1. The second-order valence-electron chi connectivity index (χ2n) is 6.70. The number of hydrogen-bond acceptors (Lipinski definition) is 5. The number of aromatic amines is 1. The Morgan fingerprint density at radius 2 is 1.81 bits per heavy atom. The van der Waals surface area contributed by atoms with Crippen LogP contribution in [-0.4, -0.2) is 57.6 Å². The van der Waals surface area contributed by atoms with Gasteiger partial charge in [0.05, 0.1) is 5.56 Å². The first kappa shape index (κ1) is 17.2. The largest absolute Gasteiger partial charge is 0.369 e. The molecule has 0 saturated carbocycles. The number of para-hydroxylation sites is 1. The second-order valence-corrected chi connectivity index (χ2v) is 6.70. The van der Waals surface area contributed by atoms with Gasteiger partial charge in [-0.1, -0.05) is 36.4 Å². The van der Waals surface area contributed by atoms with Gasteiger partial charge in [-0.3, -0.25) is 4.79 Å². The number of aryl methyl sites for hydroxylation is 1. The fraction of sp³-hybridized carbons (Fsp3) is 0.300. The maximum absolute atomic E-state index is 13.2. The van der Waals surface area contributed by atoms with Crippen molar-refractivity contribution in [2.45, 2.75) is 13.3 Å². The highest BCUT2D eigenvalue weighted by Gasteiger charge is 2.24. The highest BCUT2D eigenvalue weighted by Crippen LogP contribution is 2.24. The number of amides is 1. The molecule has 0 radical (unpaired) electrons. The van der Waals surface area contributed by atoms with Crippen molar-refractivity contribution in [3.8, 4) is 11.4 Å². The Labute approximate surface area is 158 Å². The zero-order chi connectivity index (χ0) is 18.6. The van der Waals surface area contributed by atoms with Crippen LogP contribution in [0.1, 0.15) is 22.3 Å². The van der Waals surface area contributed by atoms with Crippen LogP contribution in [0.2, 0.25) is 0 Å². The summed E-state index contributed by atoms with van der Waals surface area (Å²) in [5, 5.41) is 14.1. The van der Waals surface area contributed by atoms with E-state index in [-0.39, 0.29) is 5.91 Å². The fourth-order valence-electron chi connectivity index (χ4n) is 3.59. The van der Waals surface area contributed by atoms with Crippen molar-refractivity contribution in [1.82, 2.24) is 25.5 Å². The predicted molar refractivity (Wildman–Crippen MR) is 104 cm³/mol. The third-order valence-electron chi connectivity index (χ3n) is 4.98. The number of nitrogens with one attached hydrogen (secondary N) is 1. The summed E-state index contributed by atoms with van der Waals surface area (Å²) in [6, 6.07) is 15.8. The van der Waals surface area contributed by atoms with Gasteiger partial charge in [0.2, 0.25) is 5.82 Å². The average molecular weight is 362 g/mol. The van der Waals surface area contributed by atoms with Crippen molar-refractivity contribution in [3.05, 3.63) is 59.7 Å². The van der Waals surface area contributed by atoms with Crippen molar-refractivity contribution in [2.24, 2.45) is 0 Å². The second kappa shape index (κ2) is 7.57. The molecule has 7 nitrogen and oxygen atoms in total. The summed E-state index contributed by atoms with van der Waals surface area (Å²) in [4.78, 5) is 17.5. The Balaban J connectivity index is 1.54. The van der Waals surface area contributed by atoms with Crippen molar-refractivity contribution in [3.63, 3.8) is 0 Å². The molecule has 27 heavy (non-hydrogen) atoms. The lowest BCUT2D eigenvalue weighted by atomic mass is 10.1. The summed E-state index contributed by atoms with van der Waals surface area (Å²) in [6.07, 6.45) is 0.935. The molecule has 1 saturated heterocycles. The lowest BCUT2D eigenvalue weighted by Gasteiger charge is -2.25. The number of benzene rings is 2. The van der Waals surface area contributed by atoms with E-state index in [0.29, 0.717) is 23.5 Å². The molecule has 0 aliphatic carbocycles. The molecule has 1 N–H and O–H groups in total. The molecule has 1 aliphatic heterocycles. The van der Waals surface area contributed by atoms with Crippen LogP contribution in [0.25, 0.3) is 11.4 Å². The molecule has 0 atom stereocenters. The number of nitrogens with zero attached hydrogens (tertiary/aromatic N) is 5. The number of H-pyrrole nitrogens is 1. The van der Waals surface area contributed by atoms with E-state index in [1.165, 1.54) is 11.3 Å². The normalized spacial score (nSPS) is 14.9. The Kier molecular flexibility index (Phi) is 4.82. The van der Waals surface area contributed by atoms with Crippen LogP contribution in [0.5, 0.6) is 0 Å². The fourth-order valence-corrected chi connectivity index (χ4v) is 3.59. The van der Waals surface area contributed by atoms with Crippen LogP contribution in [0.4, 0.5) is 5.69 Å². The van der Waals surface area contributed by atoms with Crippen LogP contribution in [-0.2, 0) is 0 Å². The van der Waals surface area contributed by atoms with Crippen molar-refractivity contribution < 1.29 is 4.79 Å². The molecule has 2 heterocycles. The number of tetrazole rings is 1. The molecule has 0 spiro atoms. The number of carbonyl (C=O) groups excluding carboxylic acids is 1. The molecule has 7 heteroatoms. The van der Waals surface area contributed by atoms with Crippen molar-refractivity contribution in [2.75, 3.05) is 31.1 Å². The highest BCUT2D eigenvalue weighted by atomic mass is 16.2. The maximum atomic E-state index is 13.2. The molecule has 1 aromatic heterocycles. The van der Waals surface area contributed by atoms with Gasteiger partial charge in [-0.25, -0.2) is 0 Å². The molecular weight excluding hydrogens is 340 g/mol. The monoisotopic (exact) mass is 362 g/mol. The topological polar surface area (TPSA) is 78.0 Å². The zero-order valence-corrected chi connectivity index (χ0v) is 15.3. The first-order valence-corrected chi connectivity index (χ1v) is 9.17. The molecule has 138 valence electrons. The van der Waals surface area contributed by atoms with Gasteiger partial charge in [0, 0.05) is 37.4 Å². The van der Waals surface area contributed by atoms with Crippen LogP contribution in [0.3, 0.4) is 0 Å². The molecule has 1 amide bonds. The van der Waals surface area contributed by atoms with Gasteiger partial charge in [-0.05, 0) is 36.3 Å². The van der Waals surface area contributed by atoms with Gasteiger partial charge < -0.3 is 9.80 Å². The van der Waals surface area contributed by atoms with Gasteiger partial charge in [0.25, 0.3) is 5.91 Å². The van der Waals surface area contributed by atoms with Crippen molar-refractivity contribution in [1.29, 1.82) is 0 Å². The predicted octanol–water partition coefficient (Wildman–Crippen LogP) is 2.53. The third kappa shape index (κ3) is 3.53. The minimum Gasteiger partial charge on any atom is -0.369 e. The highest BCUT2D eigenvalue weighted by molar-refractivity contribution is 6.00. The number of aromatic nitrogens is 4. The number of anilines is 1. The first-order chi connectivity index (χ1) is 13.2. The van der Waals surface area contributed by atoms with Crippen LogP contribution >= 0.6 is 0 Å². The van der Waals surface area contributed by atoms with Crippen LogP contribution in [0.15, 0.2) is 48.5 Å². The SMILES string of the molecule is Cc1ccccc1N1CCCN(C(=O)c2ccccc2-c2nn[nH]n2)CC1. The summed E-state index contributed by atoms with van der Waals surface area (Å²) < 4.78 is 0. The van der Waals surface area contributed by atoms with E-state index in [1.54, 1.807) is 0 Å². The Morgan fingerprint density at radius 3 is 2.63 bits per heavy atom. The van der Waals surface area contributed by atoms with Crippen LogP contribution in [0, 0.1) is 6.92 Å². The molecule has 1 fully saturated rings. The van der Waals surface area contributed by atoms with E-state index < -0.39 is 0 Å². The maximum Gasteiger partial charge on any atom is 0.254 e. The van der Waals surface area contributed by atoms with Crippen LogP contribution < -0.4 is 4.90 Å². The quantitative estimate of drug-likeness (QED) is 0.775. The molecule has 2 aromatic carbocycles. The Bertz CT molecular complexity index is 924. The average Bonchev–Trinajstić information content (AvgIpc) is 3.13. The summed E-state index contributed by atoms with van der Waals surface area (Å²) >= 11 is 0. The minimum absolute atomic E-state index is 0.0158. The van der Waals surface area contributed by atoms with Gasteiger partial charge in [-0.15, -0.1) is 10.2 Å². The van der Waals surface area contributed by atoms with Gasteiger partial charge in [0.15, 0.2) is 0 Å². The number of rotatable bonds is 3. The lowest BCUT2D eigenvalue weighted by molar-refractivity contribution is 0.0767. The summed E-state index contributed by atoms with van der Waals surface area (Å²) in [7, 11) is 0. The molecule has 3 aromatic rings. The third-order valence-corrected chi connectivity index (χ3v) is 4.98. The smallest absolute Gasteiger partial charge is 0.254 e. The van der Waals surface area contributed by atoms with E-state index >= 15 is 0 Å². The van der Waals surface area contributed by atoms with Gasteiger partial charge in [-0.2, -0.15) is 5.21 Å². The summed E-state index contributed by atoms with van der Waals surface area (Å²) in [6.45, 7) is 5.32. The Hall–Kier alpha value is -3.22. The summed E-state index contributed by atoms with van der Waals surface area (Å²) in [5.74, 6) is 0.456. The van der Waals surface area contributed by atoms with Gasteiger partial charge in [0.1, 0.15) is 0 Å². The molecule has 0 unspecified atom stereocenters. The molecule has 0 bridgehead atoms. The number of carbonyl (C=O) groups is 1. The van der Waals surface area contributed by atoms with Gasteiger partial charge >= 0.3 is 0 Å². The van der Waals surface area contributed by atoms with E-state index in [4.69, 9.17) is 0 Å². The standard InChI is InChI=1S/C20H22N6O/c1-15-7-2-5-10-18(15)25-11-6-12-26(14-13-25)20(27)17-9-4-3-8-16(17)19-21-23-24-22-19/h2-5,7-10H,6,11-14H2,1H3,(H,21,22,23,24). The van der Waals surface area contributed by atoms with E-state index in [0.717, 1.165) is 26.1 Å². The van der Waals surface area contributed by atoms with E-state index in [2.05, 4.69) is 56.7 Å². The molecule has 4 rings (SSSR count). The minimum atomic E-state index is 0.0158. The zero-order valence-electron chi connectivity index (χ0n) is 15.3. The Morgan fingerprint density at radius 1 is 1.00 bits per heavy atom.